The van der Waals surface area contributed by atoms with Crippen LogP contribution in [0.4, 0.5) is 0 Å². The van der Waals surface area contributed by atoms with Gasteiger partial charge in [0.25, 0.3) is 0 Å². The Hall–Kier alpha value is -0.800. The first-order valence-electron chi connectivity index (χ1n) is 3.68. The lowest BCUT2D eigenvalue weighted by molar-refractivity contribution is 0.0278. The lowest BCUT2D eigenvalue weighted by Gasteiger charge is -2.16. The Morgan fingerprint density at radius 1 is 1.55 bits per heavy atom. The average Bonchev–Trinajstić information content (AvgIpc) is 2.63. The van der Waals surface area contributed by atoms with E-state index in [0.29, 0.717) is 6.79 Å². The molecule has 3 heteroatoms. The molecule has 0 bridgehead atoms. The summed E-state index contributed by atoms with van der Waals surface area (Å²) >= 11 is 0. The zero-order chi connectivity index (χ0) is 7.31. The van der Waals surface area contributed by atoms with Crippen molar-refractivity contribution >= 4 is 0 Å². The molecule has 0 aromatic carbocycles. The highest BCUT2D eigenvalue weighted by molar-refractivity contribution is 5.32. The lowest BCUT2D eigenvalue weighted by atomic mass is 9.97. The molecule has 0 N–H and O–H groups in total. The number of hydrogen-bond acceptors (Lipinski definition) is 3. The van der Waals surface area contributed by atoms with Crippen molar-refractivity contribution in [3.63, 3.8) is 0 Å². The second-order valence-corrected chi connectivity index (χ2v) is 2.98. The normalized spacial score (nSPS) is 45.1. The van der Waals surface area contributed by atoms with Gasteiger partial charge >= 0.3 is 0 Å². The van der Waals surface area contributed by atoms with Gasteiger partial charge in [-0.3, -0.25) is 0 Å². The van der Waals surface area contributed by atoms with Crippen LogP contribution in [-0.2, 0) is 14.2 Å². The number of ether oxygens (including phenoxy) is 3. The van der Waals surface area contributed by atoms with Crippen molar-refractivity contribution in [3.8, 4) is 0 Å². The minimum absolute atomic E-state index is 0.0208. The van der Waals surface area contributed by atoms with Crippen molar-refractivity contribution in [2.45, 2.75) is 11.7 Å². The molecule has 3 rings (SSSR count). The molecule has 2 aliphatic heterocycles. The Kier molecular flexibility index (Phi) is 0.885. The molecule has 2 heterocycles. The molecule has 2 atom stereocenters. The second kappa shape index (κ2) is 1.68. The van der Waals surface area contributed by atoms with E-state index in [9.17, 15) is 0 Å². The molecule has 2 saturated heterocycles. The third-order valence-corrected chi connectivity index (χ3v) is 2.28. The predicted octanol–water partition coefficient (Wildman–Crippen LogP) is 0.582. The third kappa shape index (κ3) is 0.645. The van der Waals surface area contributed by atoms with Crippen LogP contribution in [0.3, 0.4) is 0 Å². The van der Waals surface area contributed by atoms with Crippen LogP contribution in [0.15, 0.2) is 24.0 Å². The van der Waals surface area contributed by atoms with Crippen molar-refractivity contribution in [3.05, 3.63) is 24.0 Å². The van der Waals surface area contributed by atoms with Crippen molar-refractivity contribution in [1.82, 2.24) is 0 Å². The largest absolute Gasteiger partial charge is 0.469 e. The zero-order valence-corrected chi connectivity index (χ0v) is 5.95. The first kappa shape index (κ1) is 5.80. The van der Waals surface area contributed by atoms with Gasteiger partial charge in [0.05, 0.1) is 6.61 Å². The summed E-state index contributed by atoms with van der Waals surface area (Å²) in [6.45, 7) is 1.12. The molecule has 0 amide bonds. The highest BCUT2D eigenvalue weighted by Crippen LogP contribution is 2.42. The van der Waals surface area contributed by atoms with Gasteiger partial charge in [-0.05, 0) is 12.2 Å². The van der Waals surface area contributed by atoms with E-state index >= 15 is 0 Å². The number of epoxide rings is 1. The van der Waals surface area contributed by atoms with Crippen LogP contribution in [-0.4, -0.2) is 25.1 Å². The molecular formula is C8H8O3. The van der Waals surface area contributed by atoms with Crippen LogP contribution in [0.25, 0.3) is 0 Å². The summed E-state index contributed by atoms with van der Waals surface area (Å²) in [6, 6.07) is 0. The molecule has 0 saturated carbocycles. The standard InChI is InChI=1S/C8H8O3/c1-2-6-7(10-5-9-6)8(3-1)4-11-8/h1-3,7H,4-5H2. The Bertz CT molecular complexity index is 250. The van der Waals surface area contributed by atoms with Gasteiger partial charge in [-0.2, -0.15) is 0 Å². The van der Waals surface area contributed by atoms with Gasteiger partial charge in [0.2, 0.25) is 0 Å². The summed E-state index contributed by atoms with van der Waals surface area (Å²) in [7, 11) is 0. The van der Waals surface area contributed by atoms with Crippen molar-refractivity contribution in [1.29, 1.82) is 0 Å². The third-order valence-electron chi connectivity index (χ3n) is 2.28. The van der Waals surface area contributed by atoms with E-state index in [1.54, 1.807) is 0 Å². The Morgan fingerprint density at radius 3 is 3.27 bits per heavy atom. The average molecular weight is 152 g/mol. The fourth-order valence-corrected chi connectivity index (χ4v) is 1.57. The maximum atomic E-state index is 5.37. The van der Waals surface area contributed by atoms with E-state index in [0.717, 1.165) is 12.4 Å². The van der Waals surface area contributed by atoms with Crippen LogP contribution in [0.1, 0.15) is 0 Å². The number of rotatable bonds is 0. The van der Waals surface area contributed by atoms with Gasteiger partial charge in [-0.1, -0.05) is 6.08 Å². The van der Waals surface area contributed by atoms with Crippen molar-refractivity contribution < 1.29 is 14.2 Å². The Morgan fingerprint density at radius 2 is 2.45 bits per heavy atom. The fraction of sp³-hybridized carbons (Fsp3) is 0.500. The summed E-state index contributed by atoms with van der Waals surface area (Å²) in [5.74, 6) is 0.907. The van der Waals surface area contributed by atoms with Gasteiger partial charge in [-0.25, -0.2) is 0 Å². The number of hydrogen-bond donors (Lipinski definition) is 0. The highest BCUT2D eigenvalue weighted by Gasteiger charge is 2.55. The minimum Gasteiger partial charge on any atom is -0.469 e. The van der Waals surface area contributed by atoms with Gasteiger partial charge in [-0.15, -0.1) is 0 Å². The minimum atomic E-state index is -0.166. The van der Waals surface area contributed by atoms with Crippen LogP contribution >= 0.6 is 0 Å². The van der Waals surface area contributed by atoms with Gasteiger partial charge in [0, 0.05) is 0 Å². The molecule has 11 heavy (non-hydrogen) atoms. The molecule has 1 aliphatic carbocycles. The SMILES string of the molecule is C1=CC2(CO2)C2OCOC2=C1. The zero-order valence-electron chi connectivity index (χ0n) is 5.95. The molecule has 1 spiro atoms. The van der Waals surface area contributed by atoms with E-state index in [1.165, 1.54) is 0 Å². The van der Waals surface area contributed by atoms with Crippen LogP contribution in [0, 0.1) is 0 Å². The molecule has 58 valence electrons. The summed E-state index contributed by atoms with van der Waals surface area (Å²) in [5.41, 5.74) is -0.166. The maximum Gasteiger partial charge on any atom is 0.189 e. The van der Waals surface area contributed by atoms with Gasteiger partial charge < -0.3 is 14.2 Å². The smallest absolute Gasteiger partial charge is 0.189 e. The summed E-state index contributed by atoms with van der Waals surface area (Å²) in [5, 5.41) is 0. The highest BCUT2D eigenvalue weighted by atomic mass is 16.7. The number of fused-ring (bicyclic) bond motifs is 2. The summed E-state index contributed by atoms with van der Waals surface area (Å²) in [4.78, 5) is 0. The predicted molar refractivity (Wildman–Crippen MR) is 36.7 cm³/mol. The van der Waals surface area contributed by atoms with Crippen LogP contribution in [0.2, 0.25) is 0 Å². The molecule has 2 fully saturated rings. The Labute approximate surface area is 64.2 Å². The molecule has 0 aromatic rings. The molecule has 0 aromatic heterocycles. The van der Waals surface area contributed by atoms with E-state index < -0.39 is 0 Å². The van der Waals surface area contributed by atoms with Crippen molar-refractivity contribution in [2.75, 3.05) is 13.4 Å². The second-order valence-electron chi connectivity index (χ2n) is 2.98. The van der Waals surface area contributed by atoms with E-state index in [2.05, 4.69) is 0 Å². The lowest BCUT2D eigenvalue weighted by Crippen LogP contribution is -2.30. The summed E-state index contributed by atoms with van der Waals surface area (Å²) < 4.78 is 15.9. The van der Waals surface area contributed by atoms with Crippen LogP contribution in [0.5, 0.6) is 0 Å². The van der Waals surface area contributed by atoms with Crippen LogP contribution < -0.4 is 0 Å². The quantitative estimate of drug-likeness (QED) is 0.476. The monoisotopic (exact) mass is 152 g/mol. The van der Waals surface area contributed by atoms with Gasteiger partial charge in [0.15, 0.2) is 12.9 Å². The maximum absolute atomic E-state index is 5.37. The van der Waals surface area contributed by atoms with E-state index in [1.807, 2.05) is 18.2 Å². The topological polar surface area (TPSA) is 31.0 Å². The van der Waals surface area contributed by atoms with Crippen molar-refractivity contribution in [2.24, 2.45) is 0 Å². The Balaban J connectivity index is 2.02. The first-order chi connectivity index (χ1) is 5.41. The van der Waals surface area contributed by atoms with E-state index in [4.69, 9.17) is 14.2 Å². The summed E-state index contributed by atoms with van der Waals surface area (Å²) in [6.07, 6.45) is 5.96. The molecule has 3 aliphatic rings. The van der Waals surface area contributed by atoms with E-state index in [-0.39, 0.29) is 11.7 Å². The number of allylic oxidation sites excluding steroid dienone is 2. The first-order valence-corrected chi connectivity index (χ1v) is 3.68. The van der Waals surface area contributed by atoms with Gasteiger partial charge in [0.1, 0.15) is 11.4 Å². The molecule has 3 nitrogen and oxygen atoms in total. The molecular weight excluding hydrogens is 144 g/mol. The molecule has 2 unspecified atom stereocenters. The molecule has 0 radical (unpaired) electrons. The fourth-order valence-electron chi connectivity index (χ4n) is 1.57.